The number of rotatable bonds is 0. The topological polar surface area (TPSA) is 66.8 Å². The Balaban J connectivity index is 0.000000789. The second-order valence-corrected chi connectivity index (χ2v) is 6.63. The van der Waals surface area contributed by atoms with Gasteiger partial charge in [-0.15, -0.1) is 12.8 Å². The highest BCUT2D eigenvalue weighted by Crippen LogP contribution is 2.36. The van der Waals surface area contributed by atoms with Gasteiger partial charge in [-0.05, 0) is 45.4 Å². The van der Waals surface area contributed by atoms with Crippen molar-refractivity contribution < 1.29 is 19.4 Å². The molecule has 2 aliphatic rings. The van der Waals surface area contributed by atoms with Crippen molar-refractivity contribution in [2.45, 2.75) is 58.5 Å². The van der Waals surface area contributed by atoms with Crippen LogP contribution in [0.3, 0.4) is 0 Å². The molecule has 22 heavy (non-hydrogen) atoms. The van der Waals surface area contributed by atoms with E-state index in [9.17, 15) is 4.79 Å². The number of amides is 1. The second-order valence-electron chi connectivity index (χ2n) is 6.63. The number of carbonyl (C=O) groups is 2. The van der Waals surface area contributed by atoms with Gasteiger partial charge in [0.1, 0.15) is 5.60 Å². The zero-order valence-electron chi connectivity index (χ0n) is 14.0. The van der Waals surface area contributed by atoms with E-state index < -0.39 is 0 Å². The minimum absolute atomic E-state index is 0.124. The van der Waals surface area contributed by atoms with Crippen LogP contribution in [0.4, 0.5) is 4.79 Å². The average Bonchev–Trinajstić information content (AvgIpc) is 2.48. The molecule has 0 aromatic rings. The molecule has 5 nitrogen and oxygen atoms in total. The second kappa shape index (κ2) is 10.1. The Morgan fingerprint density at radius 3 is 2.18 bits per heavy atom. The minimum atomic E-state index is -0.375. The summed E-state index contributed by atoms with van der Waals surface area (Å²) in [6.45, 7) is 7.34. The lowest BCUT2D eigenvalue weighted by molar-refractivity contribution is -0.122. The molecular weight excluding hydrogens is 282 g/mol. The van der Waals surface area contributed by atoms with Crippen molar-refractivity contribution >= 4 is 12.6 Å². The molecule has 0 bridgehead atoms. The first kappa shape index (κ1) is 20.3. The van der Waals surface area contributed by atoms with Crippen LogP contribution >= 0.6 is 0 Å². The van der Waals surface area contributed by atoms with Gasteiger partial charge in [0.25, 0.3) is 6.47 Å². The Morgan fingerprint density at radius 1 is 1.18 bits per heavy atom. The van der Waals surface area contributed by atoms with Gasteiger partial charge < -0.3 is 14.7 Å². The molecule has 1 aliphatic carbocycles. The summed E-state index contributed by atoms with van der Waals surface area (Å²) < 4.78 is 5.44. The van der Waals surface area contributed by atoms with Crippen LogP contribution in [0.5, 0.6) is 0 Å². The summed E-state index contributed by atoms with van der Waals surface area (Å²) in [5.74, 6) is 1.59. The first-order valence-corrected chi connectivity index (χ1v) is 7.76. The molecule has 1 saturated carbocycles. The van der Waals surface area contributed by atoms with Gasteiger partial charge in [-0.3, -0.25) is 4.79 Å². The van der Waals surface area contributed by atoms with Crippen molar-refractivity contribution in [1.82, 2.24) is 4.90 Å². The van der Waals surface area contributed by atoms with Crippen LogP contribution in [-0.2, 0) is 9.53 Å². The van der Waals surface area contributed by atoms with E-state index in [1.165, 1.54) is 32.1 Å². The third-order valence-electron chi connectivity index (χ3n) is 3.94. The molecule has 0 radical (unpaired) electrons. The van der Waals surface area contributed by atoms with Crippen LogP contribution < -0.4 is 0 Å². The largest absolute Gasteiger partial charge is 0.483 e. The fourth-order valence-electron chi connectivity index (χ4n) is 3.09. The number of carboxylic acid groups (broad SMARTS) is 1. The number of hydrogen-bond acceptors (Lipinski definition) is 3. The van der Waals surface area contributed by atoms with Gasteiger partial charge in [0.05, 0.1) is 0 Å². The van der Waals surface area contributed by atoms with E-state index in [0.29, 0.717) is 0 Å². The van der Waals surface area contributed by atoms with E-state index in [-0.39, 0.29) is 18.2 Å². The molecule has 0 aromatic heterocycles. The Kier molecular flexibility index (Phi) is 9.32. The molecule has 1 saturated heterocycles. The molecule has 126 valence electrons. The zero-order chi connectivity index (χ0) is 17.2. The van der Waals surface area contributed by atoms with Gasteiger partial charge in [-0.2, -0.15) is 0 Å². The van der Waals surface area contributed by atoms with E-state index in [0.717, 1.165) is 24.9 Å². The summed E-state index contributed by atoms with van der Waals surface area (Å²) >= 11 is 0. The third kappa shape index (κ3) is 7.35. The molecule has 0 aromatic carbocycles. The van der Waals surface area contributed by atoms with Crippen molar-refractivity contribution in [1.29, 1.82) is 0 Å². The molecular formula is C17H29NO4. The smallest absolute Gasteiger partial charge is 0.410 e. The lowest BCUT2D eigenvalue weighted by Gasteiger charge is -2.41. The number of terminal acetylenes is 1. The van der Waals surface area contributed by atoms with E-state index >= 15 is 0 Å². The van der Waals surface area contributed by atoms with Crippen molar-refractivity contribution in [3.8, 4) is 12.8 Å². The van der Waals surface area contributed by atoms with E-state index in [1.54, 1.807) is 0 Å². The number of ether oxygens (including phenoxy) is 1. The molecule has 1 amide bonds. The number of likely N-dealkylation sites (tertiary alicyclic amines) is 1. The van der Waals surface area contributed by atoms with Crippen molar-refractivity contribution in [2.75, 3.05) is 13.1 Å². The summed E-state index contributed by atoms with van der Waals surface area (Å²) in [6, 6.07) is 0. The van der Waals surface area contributed by atoms with Crippen LogP contribution in [0.15, 0.2) is 0 Å². The maximum Gasteiger partial charge on any atom is 0.410 e. The first-order valence-electron chi connectivity index (χ1n) is 7.76. The van der Waals surface area contributed by atoms with Gasteiger partial charge >= 0.3 is 6.09 Å². The number of hydrogen-bond donors (Lipinski definition) is 1. The molecule has 1 aliphatic heterocycles. The highest BCUT2D eigenvalue weighted by atomic mass is 16.6. The summed E-state index contributed by atoms with van der Waals surface area (Å²) in [5, 5.41) is 6.89. The van der Waals surface area contributed by atoms with Crippen LogP contribution in [0, 0.1) is 24.7 Å². The fraction of sp³-hybridized carbons (Fsp3) is 0.765. The predicted octanol–water partition coefficient (Wildman–Crippen LogP) is 3.38. The highest BCUT2D eigenvalue weighted by Gasteiger charge is 2.34. The maximum absolute atomic E-state index is 12.0. The predicted molar refractivity (Wildman–Crippen MR) is 86.5 cm³/mol. The highest BCUT2D eigenvalue weighted by molar-refractivity contribution is 5.68. The number of piperidine rings is 1. The van der Waals surface area contributed by atoms with Gasteiger partial charge in [0.2, 0.25) is 0 Å². The van der Waals surface area contributed by atoms with Crippen LogP contribution in [0.25, 0.3) is 0 Å². The SMILES string of the molecule is C#C.CC(C)(C)OC(=O)N1CC[C@@H]2CCCC[C@@H]2C1.O=CO. The molecule has 2 fully saturated rings. The first-order chi connectivity index (χ1) is 10.4. The van der Waals surface area contributed by atoms with E-state index in [4.69, 9.17) is 14.6 Å². The van der Waals surface area contributed by atoms with Gasteiger partial charge in [0, 0.05) is 13.1 Å². The Labute approximate surface area is 134 Å². The normalized spacial score (nSPS) is 23.6. The van der Waals surface area contributed by atoms with Gasteiger partial charge in [-0.25, -0.2) is 4.79 Å². The Bertz CT molecular complexity index is 359. The fourth-order valence-corrected chi connectivity index (χ4v) is 3.09. The number of nitrogens with zero attached hydrogens (tertiary/aromatic N) is 1. The van der Waals surface area contributed by atoms with Crippen LogP contribution in [0.2, 0.25) is 0 Å². The lowest BCUT2D eigenvalue weighted by atomic mass is 9.75. The van der Waals surface area contributed by atoms with Crippen molar-refractivity contribution in [2.24, 2.45) is 11.8 Å². The van der Waals surface area contributed by atoms with E-state index in [2.05, 4.69) is 12.8 Å². The monoisotopic (exact) mass is 311 g/mol. The molecule has 1 N–H and O–H groups in total. The van der Waals surface area contributed by atoms with Gasteiger partial charge in [-0.1, -0.05) is 19.3 Å². The molecule has 1 heterocycles. The Morgan fingerprint density at radius 2 is 1.68 bits per heavy atom. The van der Waals surface area contributed by atoms with Crippen LogP contribution in [-0.4, -0.2) is 41.3 Å². The quantitative estimate of drug-likeness (QED) is 0.550. The molecule has 0 spiro atoms. The lowest BCUT2D eigenvalue weighted by Crippen LogP contribution is -2.46. The average molecular weight is 311 g/mol. The summed E-state index contributed by atoms with van der Waals surface area (Å²) in [7, 11) is 0. The van der Waals surface area contributed by atoms with Gasteiger partial charge in [0.15, 0.2) is 0 Å². The summed E-state index contributed by atoms with van der Waals surface area (Å²) in [5.41, 5.74) is -0.375. The standard InChI is InChI=1S/C14H25NO2.C2H2.CH2O2/c1-14(2,3)17-13(16)15-9-8-11-6-4-5-7-12(11)10-15;1-2;2-1-3/h11-12H,4-10H2,1-3H3;1-2H;1H,(H,2,3)/t11-,12+;;/m0../s1. The Hall–Kier alpha value is -1.70. The van der Waals surface area contributed by atoms with Crippen molar-refractivity contribution in [3.05, 3.63) is 0 Å². The maximum atomic E-state index is 12.0. The zero-order valence-corrected chi connectivity index (χ0v) is 14.0. The van der Waals surface area contributed by atoms with Crippen LogP contribution in [0.1, 0.15) is 52.9 Å². The van der Waals surface area contributed by atoms with E-state index in [1.807, 2.05) is 25.7 Å². The van der Waals surface area contributed by atoms with Crippen molar-refractivity contribution in [3.63, 3.8) is 0 Å². The molecule has 5 heteroatoms. The summed E-state index contributed by atoms with van der Waals surface area (Å²) in [6.07, 6.45) is 14.4. The minimum Gasteiger partial charge on any atom is -0.483 e. The third-order valence-corrected chi connectivity index (χ3v) is 3.94. The molecule has 2 atom stereocenters. The number of carbonyl (C=O) groups excluding carboxylic acids is 1. The number of fused-ring (bicyclic) bond motifs is 1. The molecule has 2 rings (SSSR count). The summed E-state index contributed by atoms with van der Waals surface area (Å²) in [4.78, 5) is 22.3. The molecule has 0 unspecified atom stereocenters.